The van der Waals surface area contributed by atoms with Gasteiger partial charge in [-0.05, 0) is 90.1 Å². The molecule has 3 N–H and O–H groups in total. The Kier molecular flexibility index (Phi) is 10.3. The summed E-state index contributed by atoms with van der Waals surface area (Å²) in [7, 11) is -3.87. The number of nitrogens with two attached hydrogens (primary N) is 1. The maximum absolute atomic E-state index is 13.6. The summed E-state index contributed by atoms with van der Waals surface area (Å²) in [5.41, 5.74) is 1.35. The number of anilines is 1. The highest BCUT2D eigenvalue weighted by Crippen LogP contribution is 2.36. The van der Waals surface area contributed by atoms with Gasteiger partial charge in [-0.2, -0.15) is 5.10 Å². The number of primary sulfonamides is 1. The molecule has 2 heterocycles. The lowest BCUT2D eigenvalue weighted by atomic mass is 10.2. The van der Waals surface area contributed by atoms with Gasteiger partial charge in [0.25, 0.3) is 17.5 Å². The molecule has 47 heavy (non-hydrogen) atoms. The molecule has 0 radical (unpaired) electrons. The van der Waals surface area contributed by atoms with Gasteiger partial charge in [0.2, 0.25) is 10.0 Å². The van der Waals surface area contributed by atoms with Gasteiger partial charge < -0.3 is 14.5 Å². The van der Waals surface area contributed by atoms with Gasteiger partial charge in [0.1, 0.15) is 11.5 Å². The molecule has 0 bridgehead atoms. The highest BCUT2D eigenvalue weighted by Gasteiger charge is 2.34. The molecule has 14 nitrogen and oxygen atoms in total. The molecular weight excluding hydrogens is 716 g/mol. The van der Waals surface area contributed by atoms with Crippen LogP contribution in [0.25, 0.3) is 6.08 Å². The number of carbonyl (C=O) groups excluding carboxylic acids is 2. The van der Waals surface area contributed by atoms with Crippen molar-refractivity contribution in [1.82, 2.24) is 4.90 Å². The Hall–Kier alpha value is -5.10. The average molecular weight is 740 g/mol. The molecule has 0 saturated carbocycles. The molecule has 4 aromatic rings. The summed E-state index contributed by atoms with van der Waals surface area (Å²) < 4.78 is 34.8. The summed E-state index contributed by atoms with van der Waals surface area (Å²) in [5.74, 6) is -0.0505. The van der Waals surface area contributed by atoms with Crippen LogP contribution in [0.4, 0.5) is 11.4 Å². The first-order chi connectivity index (χ1) is 22.5. The van der Waals surface area contributed by atoms with Crippen molar-refractivity contribution in [3.05, 3.63) is 122 Å². The standard InChI is InChI=1S/C30H23BrN6O8S2/c31-21-5-12-26(45-18-28(38)34-22-6-10-25(11-7-22)47(32,42)43)20(14-21)15-27-29(39)36(17-24-2-1-13-44-24)30(46-27)35-33-16-19-3-8-23(9-4-19)37(40)41/h1-16H,17-18H2,(H,34,38)(H2,32,42,43)/b27-15-,33-16+,35-30-. The van der Waals surface area contributed by atoms with Gasteiger partial charge in [-0.3, -0.25) is 24.6 Å². The molecule has 0 unspecified atom stereocenters. The molecule has 240 valence electrons. The second-order valence-corrected chi connectivity index (χ2v) is 13.1. The fourth-order valence-electron chi connectivity index (χ4n) is 4.08. The topological polar surface area (TPSA) is 200 Å². The molecule has 3 aromatic carbocycles. The highest BCUT2D eigenvalue weighted by atomic mass is 79.9. The monoisotopic (exact) mass is 738 g/mol. The van der Waals surface area contributed by atoms with Gasteiger partial charge in [-0.1, -0.05) is 15.9 Å². The van der Waals surface area contributed by atoms with Gasteiger partial charge in [0.05, 0.1) is 33.7 Å². The number of hydrogen-bond acceptors (Lipinski definition) is 11. The Morgan fingerprint density at radius 2 is 1.87 bits per heavy atom. The Labute approximate surface area is 280 Å². The minimum absolute atomic E-state index is 0.0570. The molecule has 1 fully saturated rings. The molecule has 0 atom stereocenters. The summed E-state index contributed by atoms with van der Waals surface area (Å²) in [6.45, 7) is -0.299. The minimum atomic E-state index is -3.87. The first kappa shape index (κ1) is 33.3. The molecule has 1 aliphatic rings. The van der Waals surface area contributed by atoms with Crippen LogP contribution >= 0.6 is 27.7 Å². The number of sulfonamides is 1. The zero-order valence-electron chi connectivity index (χ0n) is 24.0. The normalized spacial score (nSPS) is 15.1. The van der Waals surface area contributed by atoms with E-state index in [9.17, 15) is 28.1 Å². The zero-order chi connectivity index (χ0) is 33.6. The third-order valence-electron chi connectivity index (χ3n) is 6.32. The zero-order valence-corrected chi connectivity index (χ0v) is 27.2. The van der Waals surface area contributed by atoms with Crippen LogP contribution in [0, 0.1) is 10.1 Å². The van der Waals surface area contributed by atoms with Crippen LogP contribution in [-0.4, -0.2) is 48.0 Å². The van der Waals surface area contributed by atoms with Crippen molar-refractivity contribution in [2.45, 2.75) is 11.4 Å². The molecule has 0 aliphatic carbocycles. The number of nitro benzene ring substituents is 1. The van der Waals surface area contributed by atoms with Gasteiger partial charge in [-0.25, -0.2) is 13.6 Å². The van der Waals surface area contributed by atoms with Crippen molar-refractivity contribution in [2.75, 3.05) is 11.9 Å². The molecular formula is C30H23BrN6O8S2. The third-order valence-corrected chi connectivity index (χ3v) is 8.74. The highest BCUT2D eigenvalue weighted by molar-refractivity contribution is 9.10. The van der Waals surface area contributed by atoms with Crippen molar-refractivity contribution < 1.29 is 32.1 Å². The van der Waals surface area contributed by atoms with Gasteiger partial charge in [0, 0.05) is 27.9 Å². The first-order valence-electron chi connectivity index (χ1n) is 13.4. The Balaban J connectivity index is 1.34. The van der Waals surface area contributed by atoms with Crippen LogP contribution < -0.4 is 15.2 Å². The number of furan rings is 1. The van der Waals surface area contributed by atoms with Crippen molar-refractivity contribution in [3.8, 4) is 5.75 Å². The predicted octanol–water partition coefficient (Wildman–Crippen LogP) is 5.12. The van der Waals surface area contributed by atoms with E-state index in [0.717, 1.165) is 11.8 Å². The number of nitrogens with one attached hydrogen (secondary N) is 1. The maximum atomic E-state index is 13.6. The van der Waals surface area contributed by atoms with E-state index < -0.39 is 20.9 Å². The quantitative estimate of drug-likeness (QED) is 0.0907. The van der Waals surface area contributed by atoms with Gasteiger partial charge in [-0.15, -0.1) is 5.10 Å². The first-order valence-corrected chi connectivity index (χ1v) is 16.6. The lowest BCUT2D eigenvalue weighted by molar-refractivity contribution is -0.384. The average Bonchev–Trinajstić information content (AvgIpc) is 3.65. The number of amidine groups is 1. The molecule has 2 amide bonds. The SMILES string of the molecule is NS(=O)(=O)c1ccc(NC(=O)COc2ccc(Br)cc2/C=C2\S/C(=N\N=C\c3ccc([N+](=O)[O-])cc3)N(Cc3ccco3)C2=O)cc1. The number of amides is 2. The maximum Gasteiger partial charge on any atom is 0.269 e. The molecule has 5 rings (SSSR count). The van der Waals surface area contributed by atoms with Crippen LogP contribution in [0.2, 0.25) is 0 Å². The van der Waals surface area contributed by atoms with E-state index >= 15 is 0 Å². The fraction of sp³-hybridized carbons (Fsp3) is 0.0667. The molecule has 0 spiro atoms. The summed E-state index contributed by atoms with van der Waals surface area (Å²) in [6, 6.07) is 19.6. The number of carbonyl (C=O) groups is 2. The van der Waals surface area contributed by atoms with E-state index in [1.165, 1.54) is 65.9 Å². The Morgan fingerprint density at radius 3 is 2.53 bits per heavy atom. The van der Waals surface area contributed by atoms with Crippen molar-refractivity contribution >= 4 is 78.4 Å². The molecule has 1 aromatic heterocycles. The minimum Gasteiger partial charge on any atom is -0.483 e. The summed E-state index contributed by atoms with van der Waals surface area (Å²) in [5, 5.41) is 27.2. The van der Waals surface area contributed by atoms with Crippen molar-refractivity contribution in [1.29, 1.82) is 0 Å². The van der Waals surface area contributed by atoms with E-state index in [0.29, 0.717) is 37.7 Å². The number of thioether (sulfide) groups is 1. The third kappa shape index (κ3) is 8.79. The van der Waals surface area contributed by atoms with E-state index in [-0.39, 0.29) is 34.8 Å². The Bertz CT molecular complexity index is 2010. The number of nitrogens with zero attached hydrogens (tertiary/aromatic N) is 4. The summed E-state index contributed by atoms with van der Waals surface area (Å²) in [4.78, 5) is 38.2. The van der Waals surface area contributed by atoms with Crippen LogP contribution in [0.1, 0.15) is 16.9 Å². The second-order valence-electron chi connectivity index (χ2n) is 9.65. The smallest absolute Gasteiger partial charge is 0.269 e. The number of hydrogen-bond donors (Lipinski definition) is 2. The lowest BCUT2D eigenvalue weighted by Crippen LogP contribution is -2.28. The number of halogens is 1. The van der Waals surface area contributed by atoms with Crippen LogP contribution in [-0.2, 0) is 26.2 Å². The predicted molar refractivity (Wildman–Crippen MR) is 179 cm³/mol. The molecule has 17 heteroatoms. The number of ether oxygens (including phenoxy) is 1. The van der Waals surface area contributed by atoms with Crippen LogP contribution in [0.5, 0.6) is 5.75 Å². The van der Waals surface area contributed by atoms with E-state index in [1.54, 1.807) is 36.4 Å². The number of benzene rings is 3. The molecule has 1 saturated heterocycles. The van der Waals surface area contributed by atoms with Crippen molar-refractivity contribution in [3.63, 3.8) is 0 Å². The summed E-state index contributed by atoms with van der Waals surface area (Å²) >= 11 is 4.50. The van der Waals surface area contributed by atoms with Gasteiger partial charge in [0.15, 0.2) is 11.8 Å². The summed E-state index contributed by atoms with van der Waals surface area (Å²) in [6.07, 6.45) is 4.51. The van der Waals surface area contributed by atoms with E-state index in [2.05, 4.69) is 31.4 Å². The van der Waals surface area contributed by atoms with E-state index in [1.807, 2.05) is 0 Å². The fourth-order valence-corrected chi connectivity index (χ4v) is 5.90. The van der Waals surface area contributed by atoms with E-state index in [4.69, 9.17) is 14.3 Å². The van der Waals surface area contributed by atoms with Crippen LogP contribution in [0.3, 0.4) is 0 Å². The lowest BCUT2D eigenvalue weighted by Gasteiger charge is -2.13. The van der Waals surface area contributed by atoms with Crippen LogP contribution in [0.15, 0.2) is 114 Å². The number of nitro groups is 1. The van der Waals surface area contributed by atoms with Crippen molar-refractivity contribution in [2.24, 2.45) is 15.3 Å². The number of rotatable bonds is 11. The van der Waals surface area contributed by atoms with Gasteiger partial charge >= 0.3 is 0 Å². The number of non-ortho nitro benzene ring substituents is 1. The largest absolute Gasteiger partial charge is 0.483 e. The molecule has 1 aliphatic heterocycles. The second kappa shape index (κ2) is 14.5. The Morgan fingerprint density at radius 1 is 1.13 bits per heavy atom.